The first-order chi connectivity index (χ1) is 27.4. The number of methoxy groups -OCH3 is 1. The molecule has 3 aliphatic heterocycles. The molecule has 1 amide bonds. The van der Waals surface area contributed by atoms with Gasteiger partial charge in [-0.15, -0.1) is 5.10 Å². The Morgan fingerprint density at radius 3 is 2.25 bits per heavy atom. The quantitative estimate of drug-likeness (QED) is 0.131. The molecule has 5 heterocycles. The maximum Gasteiger partial charge on any atom is 0.410 e. The van der Waals surface area contributed by atoms with Gasteiger partial charge in [-0.2, -0.15) is 0 Å². The number of likely N-dealkylation sites (N-methyl/N-ethyl adjacent to an activating group) is 1. The van der Waals surface area contributed by atoms with Gasteiger partial charge in [0, 0.05) is 44.4 Å². The second kappa shape index (κ2) is 25.2. The van der Waals surface area contributed by atoms with Crippen LogP contribution >= 0.6 is 0 Å². The number of carbonyl (C=O) groups is 3. The van der Waals surface area contributed by atoms with Crippen molar-refractivity contribution < 1.29 is 43.2 Å². The van der Waals surface area contributed by atoms with Gasteiger partial charge in [-0.25, -0.2) is 4.79 Å². The Labute approximate surface area is 380 Å². The van der Waals surface area contributed by atoms with Crippen molar-refractivity contribution in [3.8, 4) is 11.4 Å². The SMILES string of the molecule is C.C.C.C.C.CC[C@H]1OC(=O)[C@H](C)C(=O)[C@H](C)[C@@H](O[C@@H]2OC(C)CC(N(C)C)C2O)[C@](C)(OC)C[C@@H](C)CN[C@H](C)[C@H]2N(CCCCn3cc(-c4ccccn4)nn3)C(=O)O[C@]12C. The molecule has 0 saturated carbocycles. The van der Waals surface area contributed by atoms with E-state index < -0.39 is 71.5 Å². The molecule has 16 heteroatoms. The highest BCUT2D eigenvalue weighted by Crippen LogP contribution is 2.40. The number of hydrogen-bond donors (Lipinski definition) is 2. The number of hydrogen-bond acceptors (Lipinski definition) is 14. The van der Waals surface area contributed by atoms with Gasteiger partial charge in [0.2, 0.25) is 0 Å². The Bertz CT molecular complexity index is 1680. The summed E-state index contributed by atoms with van der Waals surface area (Å²) >= 11 is 0. The first kappa shape index (κ1) is 59.5. The summed E-state index contributed by atoms with van der Waals surface area (Å²) in [5.41, 5.74) is -0.833. The van der Waals surface area contributed by atoms with Crippen LogP contribution in [0, 0.1) is 17.8 Å². The number of unbranched alkanes of at least 4 members (excludes halogenated alkanes) is 1. The zero-order valence-electron chi connectivity index (χ0n) is 36.3. The maximum atomic E-state index is 14.4. The van der Waals surface area contributed by atoms with Gasteiger partial charge in [0.25, 0.3) is 0 Å². The van der Waals surface area contributed by atoms with Crippen LogP contribution in [0.2, 0.25) is 0 Å². The molecule has 364 valence electrons. The minimum absolute atomic E-state index is 0. The van der Waals surface area contributed by atoms with Crippen LogP contribution in [0.1, 0.15) is 125 Å². The highest BCUT2D eigenvalue weighted by Gasteiger charge is 2.58. The molecule has 0 spiro atoms. The molecule has 2 aromatic heterocycles. The van der Waals surface area contributed by atoms with Crippen LogP contribution in [0.3, 0.4) is 0 Å². The molecular formula is C47H87N7O9. The smallest absolute Gasteiger partial charge is 0.410 e. The molecule has 2 N–H and O–H groups in total. The number of aliphatic hydroxyl groups excluding tert-OH is 1. The Morgan fingerprint density at radius 1 is 0.984 bits per heavy atom. The van der Waals surface area contributed by atoms with Gasteiger partial charge in [-0.3, -0.25) is 24.2 Å². The summed E-state index contributed by atoms with van der Waals surface area (Å²) in [7, 11) is 5.39. The summed E-state index contributed by atoms with van der Waals surface area (Å²) < 4.78 is 33.3. The number of rotatable bonds is 11. The third-order valence-electron chi connectivity index (χ3n) is 12.6. The first-order valence-electron chi connectivity index (χ1n) is 20.9. The molecule has 5 rings (SSSR count). The molecular weight excluding hydrogens is 807 g/mol. The van der Waals surface area contributed by atoms with Crippen molar-refractivity contribution in [2.45, 2.75) is 191 Å². The van der Waals surface area contributed by atoms with Crippen molar-refractivity contribution in [3.05, 3.63) is 30.6 Å². The van der Waals surface area contributed by atoms with Crippen LogP contribution in [0.25, 0.3) is 11.4 Å². The van der Waals surface area contributed by atoms with E-state index in [0.29, 0.717) is 51.0 Å². The van der Waals surface area contributed by atoms with Gasteiger partial charge in [0.1, 0.15) is 23.8 Å². The molecule has 63 heavy (non-hydrogen) atoms. The lowest BCUT2D eigenvalue weighted by Gasteiger charge is -2.46. The summed E-state index contributed by atoms with van der Waals surface area (Å²) in [5, 5.41) is 23.6. The van der Waals surface area contributed by atoms with Crippen LogP contribution in [0.15, 0.2) is 30.6 Å². The maximum absolute atomic E-state index is 14.4. The predicted octanol–water partition coefficient (Wildman–Crippen LogP) is 7.28. The number of pyridine rings is 1. The molecule has 0 radical (unpaired) electrons. The number of fused-ring (bicyclic) bond motifs is 1. The first-order valence-corrected chi connectivity index (χ1v) is 20.9. The number of nitrogens with zero attached hydrogens (tertiary/aromatic N) is 6. The average Bonchev–Trinajstić information content (AvgIpc) is 3.77. The fraction of sp³-hybridized carbons (Fsp3) is 0.787. The Morgan fingerprint density at radius 2 is 1.65 bits per heavy atom. The summed E-state index contributed by atoms with van der Waals surface area (Å²) in [6.07, 6.45) is 1.92. The molecule has 0 aliphatic carbocycles. The van der Waals surface area contributed by atoms with E-state index in [9.17, 15) is 19.5 Å². The number of aryl methyl sites for hydroxylation is 1. The van der Waals surface area contributed by atoms with Crippen LogP contribution < -0.4 is 5.32 Å². The van der Waals surface area contributed by atoms with E-state index >= 15 is 0 Å². The van der Waals surface area contributed by atoms with Crippen LogP contribution in [-0.2, 0) is 39.8 Å². The zero-order chi connectivity index (χ0) is 42.5. The van der Waals surface area contributed by atoms with E-state index in [1.807, 2.05) is 78.0 Å². The van der Waals surface area contributed by atoms with Gasteiger partial charge in [0.15, 0.2) is 17.7 Å². The van der Waals surface area contributed by atoms with Crippen molar-refractivity contribution in [2.75, 3.05) is 34.3 Å². The fourth-order valence-corrected chi connectivity index (χ4v) is 9.25. The van der Waals surface area contributed by atoms with Crippen molar-refractivity contribution in [1.82, 2.24) is 35.1 Å². The Hall–Kier alpha value is -3.54. The Kier molecular flexibility index (Phi) is 23.8. The van der Waals surface area contributed by atoms with Gasteiger partial charge in [0.05, 0.1) is 35.7 Å². The molecule has 0 aromatic carbocycles. The number of ketones is 1. The van der Waals surface area contributed by atoms with Crippen LogP contribution in [0.5, 0.6) is 0 Å². The summed E-state index contributed by atoms with van der Waals surface area (Å²) in [6, 6.07) is 4.61. The topological polar surface area (TPSA) is 180 Å². The standard InChI is InChI=1S/C42H67N7O9.5CH4/c1-12-33-42(8)36(49(40(53)58-42)20-16-15-19-48-24-31(45-46-48)30-17-13-14-18-43-30)29(6)44-23-25(2)22-41(7,54-11)37(27(4)34(50)28(5)38(52)56-33)57-39-35(51)32(47(9)10)21-26(3)55-39;;;;;/h13-14,17-18,24-29,32-33,35-37,39,44,51H,12,15-16,19-23H2,1-11H3;5*1H4/t25-,26?,27+,28-,29-,32?,33-,35?,36-,37-,39+,41-,42-;;;;;/m1...../s1. The van der Waals surface area contributed by atoms with Crippen LogP contribution in [0.4, 0.5) is 4.79 Å². The minimum atomic E-state index is -1.23. The summed E-state index contributed by atoms with van der Waals surface area (Å²) in [4.78, 5) is 50.2. The number of nitrogens with one attached hydrogen (secondary N) is 1. The predicted molar refractivity (Wildman–Crippen MR) is 249 cm³/mol. The van der Waals surface area contributed by atoms with E-state index in [0.717, 1.165) is 12.1 Å². The van der Waals surface area contributed by atoms with Crippen molar-refractivity contribution in [3.63, 3.8) is 0 Å². The van der Waals surface area contributed by atoms with E-state index in [-0.39, 0.29) is 61.2 Å². The molecule has 0 bridgehead atoms. The van der Waals surface area contributed by atoms with Gasteiger partial charge < -0.3 is 39.0 Å². The lowest BCUT2D eigenvalue weighted by Crippen LogP contribution is -2.61. The number of aliphatic hydroxyl groups is 1. The van der Waals surface area contributed by atoms with Crippen molar-refractivity contribution >= 4 is 17.8 Å². The van der Waals surface area contributed by atoms with Gasteiger partial charge in [-0.05, 0) is 105 Å². The minimum Gasteiger partial charge on any atom is -0.458 e. The second-order valence-corrected chi connectivity index (χ2v) is 17.4. The highest BCUT2D eigenvalue weighted by atomic mass is 16.7. The number of ether oxygens (including phenoxy) is 5. The third-order valence-corrected chi connectivity index (χ3v) is 12.6. The van der Waals surface area contributed by atoms with E-state index in [2.05, 4.69) is 27.5 Å². The Balaban J connectivity index is 0.00000769. The van der Waals surface area contributed by atoms with E-state index in [1.54, 1.807) is 29.8 Å². The number of esters is 1. The summed E-state index contributed by atoms with van der Waals surface area (Å²) in [6.45, 7) is 16.4. The zero-order valence-corrected chi connectivity index (χ0v) is 36.3. The molecule has 3 unspecified atom stereocenters. The number of Topliss-reactive ketones (excluding diaryl/α,β-unsaturated/α-hetero) is 1. The second-order valence-electron chi connectivity index (χ2n) is 17.4. The highest BCUT2D eigenvalue weighted by molar-refractivity contribution is 6.00. The van der Waals surface area contributed by atoms with Gasteiger partial charge in [-0.1, -0.05) is 69.2 Å². The number of cyclic esters (lactones) is 1. The summed E-state index contributed by atoms with van der Waals surface area (Å²) in [5.74, 6) is -3.15. The molecule has 3 aliphatic rings. The van der Waals surface area contributed by atoms with Crippen molar-refractivity contribution in [1.29, 1.82) is 0 Å². The number of aromatic nitrogens is 4. The van der Waals surface area contributed by atoms with Crippen molar-refractivity contribution in [2.24, 2.45) is 17.8 Å². The van der Waals surface area contributed by atoms with Gasteiger partial charge >= 0.3 is 12.1 Å². The molecule has 3 fully saturated rings. The lowest BCUT2D eigenvalue weighted by molar-refractivity contribution is -0.295. The molecule has 2 aromatic rings. The molecule has 3 saturated heterocycles. The van der Waals surface area contributed by atoms with E-state index in [1.165, 1.54) is 6.92 Å². The number of carbonyl (C=O) groups excluding carboxylic acids is 3. The fourth-order valence-electron chi connectivity index (χ4n) is 9.25. The molecule has 16 nitrogen and oxygen atoms in total. The third kappa shape index (κ3) is 13.3. The van der Waals surface area contributed by atoms with Crippen LogP contribution in [-0.4, -0.2) is 147 Å². The van der Waals surface area contributed by atoms with E-state index in [4.69, 9.17) is 23.7 Å². The lowest BCUT2D eigenvalue weighted by atomic mass is 9.78. The normalized spacial score (nSPS) is 34.0. The number of amides is 1. The largest absolute Gasteiger partial charge is 0.458 e. The molecule has 13 atom stereocenters. The monoisotopic (exact) mass is 894 g/mol. The average molecular weight is 894 g/mol.